The molecule has 2 rings (SSSR count). The molecular formula is C21H28N2O6S. The Morgan fingerprint density at radius 3 is 2.23 bits per heavy atom. The smallest absolute Gasteiger partial charge is 0.257 e. The first kappa shape index (κ1) is 23.5. The van der Waals surface area contributed by atoms with Gasteiger partial charge in [0.05, 0.1) is 20.5 Å². The largest absolute Gasteiger partial charge is 0.493 e. The molecule has 1 N–H and O–H groups in total. The average molecular weight is 437 g/mol. The Kier molecular flexibility index (Phi) is 8.49. The Hall–Kier alpha value is -2.78. The third kappa shape index (κ3) is 7.23. The summed E-state index contributed by atoms with van der Waals surface area (Å²) >= 11 is 0. The maximum atomic E-state index is 12.0. The fourth-order valence-corrected chi connectivity index (χ4v) is 3.03. The van der Waals surface area contributed by atoms with E-state index in [9.17, 15) is 13.2 Å². The molecule has 9 heteroatoms. The molecule has 0 aliphatic carbocycles. The highest BCUT2D eigenvalue weighted by Gasteiger charge is 2.11. The zero-order valence-corrected chi connectivity index (χ0v) is 18.5. The fraction of sp³-hybridized carbons (Fsp3) is 0.381. The number of ether oxygens (including phenoxy) is 3. The summed E-state index contributed by atoms with van der Waals surface area (Å²) in [7, 11) is 1.45. The van der Waals surface area contributed by atoms with Gasteiger partial charge in [-0.15, -0.1) is 0 Å². The van der Waals surface area contributed by atoms with Crippen molar-refractivity contribution in [2.24, 2.45) is 0 Å². The lowest BCUT2D eigenvalue weighted by Gasteiger charge is -2.14. The van der Waals surface area contributed by atoms with Crippen LogP contribution in [0.15, 0.2) is 42.5 Å². The molecule has 0 saturated heterocycles. The molecular weight excluding hydrogens is 408 g/mol. The van der Waals surface area contributed by atoms with Crippen molar-refractivity contribution in [2.75, 3.05) is 40.7 Å². The van der Waals surface area contributed by atoms with Crippen LogP contribution >= 0.6 is 0 Å². The van der Waals surface area contributed by atoms with E-state index in [0.717, 1.165) is 17.4 Å². The molecule has 0 fully saturated rings. The highest BCUT2D eigenvalue weighted by molar-refractivity contribution is 7.88. The number of methoxy groups -OCH3 is 2. The van der Waals surface area contributed by atoms with E-state index in [0.29, 0.717) is 30.2 Å². The molecule has 0 atom stereocenters. The minimum Gasteiger partial charge on any atom is -0.493 e. The molecule has 0 aromatic heterocycles. The Balaban J connectivity index is 1.75. The zero-order valence-electron chi connectivity index (χ0n) is 17.7. The van der Waals surface area contributed by atoms with E-state index >= 15 is 0 Å². The van der Waals surface area contributed by atoms with Gasteiger partial charge in [-0.3, -0.25) is 4.79 Å². The van der Waals surface area contributed by atoms with Gasteiger partial charge in [0.1, 0.15) is 5.75 Å². The molecule has 1 amide bonds. The van der Waals surface area contributed by atoms with Gasteiger partial charge in [0.25, 0.3) is 5.91 Å². The van der Waals surface area contributed by atoms with Crippen molar-refractivity contribution >= 4 is 15.9 Å². The molecule has 0 radical (unpaired) electrons. The Bertz CT molecular complexity index is 944. The van der Waals surface area contributed by atoms with Crippen molar-refractivity contribution in [1.29, 1.82) is 0 Å². The van der Waals surface area contributed by atoms with Gasteiger partial charge in [0, 0.05) is 20.1 Å². The molecule has 0 heterocycles. The van der Waals surface area contributed by atoms with Crippen molar-refractivity contribution in [3.05, 3.63) is 53.6 Å². The van der Waals surface area contributed by atoms with E-state index < -0.39 is 10.0 Å². The zero-order chi connectivity index (χ0) is 22.1. The van der Waals surface area contributed by atoms with E-state index in [1.807, 2.05) is 18.2 Å². The third-order valence-electron chi connectivity index (χ3n) is 4.45. The molecule has 30 heavy (non-hydrogen) atoms. The van der Waals surface area contributed by atoms with E-state index in [2.05, 4.69) is 5.32 Å². The van der Waals surface area contributed by atoms with Crippen molar-refractivity contribution in [3.63, 3.8) is 0 Å². The normalized spacial score (nSPS) is 11.2. The first-order valence-corrected chi connectivity index (χ1v) is 11.2. The number of nitrogens with one attached hydrogen (secondary N) is 1. The summed E-state index contributed by atoms with van der Waals surface area (Å²) in [6.45, 7) is 0.638. The van der Waals surface area contributed by atoms with E-state index in [-0.39, 0.29) is 19.1 Å². The van der Waals surface area contributed by atoms with Crippen LogP contribution in [0.25, 0.3) is 0 Å². The highest BCUT2D eigenvalue weighted by atomic mass is 32.2. The summed E-state index contributed by atoms with van der Waals surface area (Å²) in [5, 5.41) is 2.81. The monoisotopic (exact) mass is 436 g/mol. The fourth-order valence-electron chi connectivity index (χ4n) is 2.65. The highest BCUT2D eigenvalue weighted by Crippen LogP contribution is 2.27. The van der Waals surface area contributed by atoms with Crippen LogP contribution in [0, 0.1) is 0 Å². The summed E-state index contributed by atoms with van der Waals surface area (Å²) in [6, 6.07) is 12.6. The Labute approximate surface area is 177 Å². The van der Waals surface area contributed by atoms with Crippen LogP contribution in [-0.2, 0) is 27.8 Å². The maximum absolute atomic E-state index is 12.0. The predicted molar refractivity (Wildman–Crippen MR) is 115 cm³/mol. The van der Waals surface area contributed by atoms with Crippen molar-refractivity contribution in [3.8, 4) is 17.2 Å². The van der Waals surface area contributed by atoms with Crippen LogP contribution < -0.4 is 19.5 Å². The van der Waals surface area contributed by atoms with Crippen LogP contribution in [0.1, 0.15) is 11.1 Å². The standard InChI is InChI=1S/C21H28N2O6S/c1-23(30(4,25)26)14-17-5-8-18(9-6-17)29-15-21(24)22-12-11-16-7-10-19(27-2)20(13-16)28-3/h5-10,13H,11-12,14-15H2,1-4H3,(H,22,24). The number of carbonyl (C=O) groups is 1. The van der Waals surface area contributed by atoms with Gasteiger partial charge >= 0.3 is 0 Å². The summed E-state index contributed by atoms with van der Waals surface area (Å²) < 4.78 is 40.1. The maximum Gasteiger partial charge on any atom is 0.257 e. The molecule has 0 unspecified atom stereocenters. The number of carbonyl (C=O) groups excluding carboxylic acids is 1. The second kappa shape index (κ2) is 10.8. The first-order valence-electron chi connectivity index (χ1n) is 9.33. The Morgan fingerprint density at radius 2 is 1.63 bits per heavy atom. The molecule has 164 valence electrons. The second-order valence-electron chi connectivity index (χ2n) is 6.74. The van der Waals surface area contributed by atoms with Gasteiger partial charge in [-0.1, -0.05) is 18.2 Å². The van der Waals surface area contributed by atoms with Crippen LogP contribution in [0.2, 0.25) is 0 Å². The molecule has 8 nitrogen and oxygen atoms in total. The summed E-state index contributed by atoms with van der Waals surface area (Å²) in [5.74, 6) is 1.62. The predicted octanol–water partition coefficient (Wildman–Crippen LogP) is 1.83. The first-order chi connectivity index (χ1) is 14.2. The van der Waals surface area contributed by atoms with Crippen LogP contribution in [0.5, 0.6) is 17.2 Å². The van der Waals surface area contributed by atoms with Crippen LogP contribution in [0.3, 0.4) is 0 Å². The number of amides is 1. The summed E-state index contributed by atoms with van der Waals surface area (Å²) in [4.78, 5) is 12.0. The number of sulfonamides is 1. The second-order valence-corrected chi connectivity index (χ2v) is 8.83. The Morgan fingerprint density at radius 1 is 1.00 bits per heavy atom. The van der Waals surface area contributed by atoms with Gasteiger partial charge in [0.2, 0.25) is 10.0 Å². The molecule has 0 aliphatic rings. The molecule has 0 bridgehead atoms. The van der Waals surface area contributed by atoms with E-state index in [4.69, 9.17) is 14.2 Å². The molecule has 2 aromatic rings. The number of rotatable bonds is 11. The van der Waals surface area contributed by atoms with Gasteiger partial charge in [-0.25, -0.2) is 12.7 Å². The molecule has 0 aliphatic heterocycles. The molecule has 0 spiro atoms. The SMILES string of the molecule is COc1ccc(CCNC(=O)COc2ccc(CN(C)S(C)(=O)=O)cc2)cc1OC. The van der Waals surface area contributed by atoms with Gasteiger partial charge < -0.3 is 19.5 Å². The van der Waals surface area contributed by atoms with Gasteiger partial charge in [-0.05, 0) is 41.8 Å². The molecule has 2 aromatic carbocycles. The number of hydrogen-bond donors (Lipinski definition) is 1. The number of nitrogens with zero attached hydrogens (tertiary/aromatic N) is 1. The van der Waals surface area contributed by atoms with Crippen LogP contribution in [0.4, 0.5) is 0 Å². The van der Waals surface area contributed by atoms with Crippen molar-refractivity contribution in [1.82, 2.24) is 9.62 Å². The summed E-state index contributed by atoms with van der Waals surface area (Å²) in [5.41, 5.74) is 1.85. The quantitative estimate of drug-likeness (QED) is 0.578. The molecule has 0 saturated carbocycles. The lowest BCUT2D eigenvalue weighted by Crippen LogP contribution is -2.30. The lowest BCUT2D eigenvalue weighted by molar-refractivity contribution is -0.123. The van der Waals surface area contributed by atoms with Crippen molar-refractivity contribution < 1.29 is 27.4 Å². The topological polar surface area (TPSA) is 94.2 Å². The minimum atomic E-state index is -3.23. The lowest BCUT2D eigenvalue weighted by atomic mass is 10.1. The van der Waals surface area contributed by atoms with Gasteiger partial charge in [-0.2, -0.15) is 0 Å². The average Bonchev–Trinajstić information content (AvgIpc) is 2.72. The third-order valence-corrected chi connectivity index (χ3v) is 5.71. The van der Waals surface area contributed by atoms with Crippen LogP contribution in [-0.4, -0.2) is 59.3 Å². The van der Waals surface area contributed by atoms with E-state index in [1.54, 1.807) is 38.5 Å². The minimum absolute atomic E-state index is 0.103. The van der Waals surface area contributed by atoms with E-state index in [1.165, 1.54) is 11.4 Å². The number of benzene rings is 2. The van der Waals surface area contributed by atoms with Gasteiger partial charge in [0.15, 0.2) is 18.1 Å². The van der Waals surface area contributed by atoms with Crippen molar-refractivity contribution in [2.45, 2.75) is 13.0 Å². The summed E-state index contributed by atoms with van der Waals surface area (Å²) in [6.07, 6.45) is 1.81. The number of hydrogen-bond acceptors (Lipinski definition) is 6.